The molecule has 2 aliphatic rings. The third kappa shape index (κ3) is 5.53. The molecular formula is C24H33N5O2. The summed E-state index contributed by atoms with van der Waals surface area (Å²) in [6.07, 6.45) is 10.8. The van der Waals surface area contributed by atoms with E-state index in [1.54, 1.807) is 25.7 Å². The number of rotatable bonds is 7. The molecular weight excluding hydrogens is 390 g/mol. The van der Waals surface area contributed by atoms with Gasteiger partial charge in [0, 0.05) is 32.0 Å². The third-order valence-electron chi connectivity index (χ3n) is 6.47. The molecule has 31 heavy (non-hydrogen) atoms. The first-order valence-electron chi connectivity index (χ1n) is 11.4. The largest absolute Gasteiger partial charge is 0.497 e. The number of ether oxygens (including phenoxy) is 1. The molecule has 0 saturated carbocycles. The van der Waals surface area contributed by atoms with Gasteiger partial charge in [0.2, 0.25) is 5.91 Å². The van der Waals surface area contributed by atoms with Gasteiger partial charge in [0.25, 0.3) is 0 Å². The van der Waals surface area contributed by atoms with Crippen LogP contribution >= 0.6 is 0 Å². The molecule has 2 aromatic rings. The number of methoxy groups -OCH3 is 1. The maximum atomic E-state index is 13.1. The van der Waals surface area contributed by atoms with Gasteiger partial charge in [0.05, 0.1) is 25.3 Å². The second-order valence-electron chi connectivity index (χ2n) is 8.48. The molecule has 166 valence electrons. The fraction of sp³-hybridized carbons (Fsp3) is 0.542. The van der Waals surface area contributed by atoms with E-state index in [4.69, 9.17) is 4.74 Å². The van der Waals surface area contributed by atoms with Crippen molar-refractivity contribution in [2.45, 2.75) is 38.1 Å². The SMILES string of the molecule is COc1ccc([C@H](CNC(=O)[C@@H]2CCCN(c3cnccn3)C2)N2CCCCC2)cc1. The molecule has 0 unspecified atom stereocenters. The number of nitrogens with zero attached hydrogens (tertiary/aromatic N) is 4. The van der Waals surface area contributed by atoms with Crippen LogP contribution in [-0.2, 0) is 4.79 Å². The Hall–Kier alpha value is -2.67. The van der Waals surface area contributed by atoms with E-state index in [0.717, 1.165) is 44.0 Å². The van der Waals surface area contributed by atoms with Gasteiger partial charge >= 0.3 is 0 Å². The van der Waals surface area contributed by atoms with Gasteiger partial charge in [-0.15, -0.1) is 0 Å². The van der Waals surface area contributed by atoms with Crippen LogP contribution in [-0.4, -0.2) is 60.6 Å². The number of carbonyl (C=O) groups is 1. The Labute approximate surface area is 184 Å². The van der Waals surface area contributed by atoms with E-state index in [-0.39, 0.29) is 17.9 Å². The van der Waals surface area contributed by atoms with Crippen LogP contribution in [0, 0.1) is 5.92 Å². The van der Waals surface area contributed by atoms with Crippen LogP contribution in [0.25, 0.3) is 0 Å². The van der Waals surface area contributed by atoms with Crippen LogP contribution in [0.1, 0.15) is 43.7 Å². The van der Waals surface area contributed by atoms with Crippen molar-refractivity contribution < 1.29 is 9.53 Å². The number of carbonyl (C=O) groups excluding carboxylic acids is 1. The number of likely N-dealkylation sites (tertiary alicyclic amines) is 1. The van der Waals surface area contributed by atoms with Gasteiger partial charge < -0.3 is 15.0 Å². The Kier molecular flexibility index (Phi) is 7.35. The van der Waals surface area contributed by atoms with E-state index in [9.17, 15) is 4.79 Å². The van der Waals surface area contributed by atoms with Crippen LogP contribution in [0.5, 0.6) is 5.75 Å². The second-order valence-corrected chi connectivity index (χ2v) is 8.48. The summed E-state index contributed by atoms with van der Waals surface area (Å²) in [5.74, 6) is 1.83. The van der Waals surface area contributed by atoms with Crippen molar-refractivity contribution in [1.82, 2.24) is 20.2 Å². The minimum absolute atomic E-state index is 0.0198. The molecule has 0 radical (unpaired) electrons. The molecule has 0 aliphatic carbocycles. The molecule has 7 nitrogen and oxygen atoms in total. The molecule has 1 aromatic carbocycles. The summed E-state index contributed by atoms with van der Waals surface area (Å²) in [7, 11) is 1.69. The maximum absolute atomic E-state index is 13.1. The number of benzene rings is 1. The Morgan fingerprint density at radius 3 is 2.65 bits per heavy atom. The lowest BCUT2D eigenvalue weighted by molar-refractivity contribution is -0.125. The van der Waals surface area contributed by atoms with Crippen LogP contribution in [0.3, 0.4) is 0 Å². The van der Waals surface area contributed by atoms with E-state index >= 15 is 0 Å². The molecule has 1 amide bonds. The van der Waals surface area contributed by atoms with Crippen LogP contribution < -0.4 is 15.0 Å². The minimum Gasteiger partial charge on any atom is -0.497 e. The van der Waals surface area contributed by atoms with Crippen molar-refractivity contribution in [3.8, 4) is 5.75 Å². The number of anilines is 1. The average molecular weight is 424 g/mol. The zero-order valence-electron chi connectivity index (χ0n) is 18.4. The fourth-order valence-corrected chi connectivity index (χ4v) is 4.71. The lowest BCUT2D eigenvalue weighted by Crippen LogP contribution is -2.46. The third-order valence-corrected chi connectivity index (χ3v) is 6.47. The maximum Gasteiger partial charge on any atom is 0.224 e. The highest BCUT2D eigenvalue weighted by Crippen LogP contribution is 2.26. The smallest absolute Gasteiger partial charge is 0.224 e. The Balaban J connectivity index is 1.40. The Morgan fingerprint density at radius 2 is 1.94 bits per heavy atom. The standard InChI is InChI=1S/C24H33N5O2/c1-31-21-9-7-19(8-10-21)22(28-13-3-2-4-14-28)16-27-24(30)20-6-5-15-29(18-20)23-17-25-11-12-26-23/h7-12,17,20,22H,2-6,13-16,18H2,1H3,(H,27,30)/t20-,22+/m1/s1. The molecule has 2 fully saturated rings. The zero-order valence-corrected chi connectivity index (χ0v) is 18.4. The highest BCUT2D eigenvalue weighted by atomic mass is 16.5. The summed E-state index contributed by atoms with van der Waals surface area (Å²) >= 11 is 0. The normalized spacial score (nSPS) is 20.8. The van der Waals surface area contributed by atoms with Crippen LogP contribution in [0.15, 0.2) is 42.9 Å². The van der Waals surface area contributed by atoms with Crippen molar-refractivity contribution in [2.24, 2.45) is 5.92 Å². The predicted molar refractivity (Wildman–Crippen MR) is 121 cm³/mol. The number of hydrogen-bond acceptors (Lipinski definition) is 6. The summed E-state index contributed by atoms with van der Waals surface area (Å²) in [4.78, 5) is 26.3. The van der Waals surface area contributed by atoms with Crippen LogP contribution in [0.4, 0.5) is 5.82 Å². The first-order valence-corrected chi connectivity index (χ1v) is 11.4. The first-order chi connectivity index (χ1) is 15.2. The van der Waals surface area contributed by atoms with Crippen LogP contribution in [0.2, 0.25) is 0 Å². The molecule has 0 bridgehead atoms. The molecule has 4 rings (SSSR count). The van der Waals surface area contributed by atoms with Gasteiger partial charge in [-0.05, 0) is 56.5 Å². The summed E-state index contributed by atoms with van der Waals surface area (Å²) in [6.45, 7) is 4.41. The Bertz CT molecular complexity index is 824. The number of hydrogen-bond donors (Lipinski definition) is 1. The number of piperidine rings is 2. The quantitative estimate of drug-likeness (QED) is 0.738. The van der Waals surface area contributed by atoms with E-state index in [1.165, 1.54) is 24.8 Å². The lowest BCUT2D eigenvalue weighted by Gasteiger charge is -2.36. The topological polar surface area (TPSA) is 70.6 Å². The molecule has 1 aromatic heterocycles. The summed E-state index contributed by atoms with van der Waals surface area (Å²) in [5, 5.41) is 3.27. The van der Waals surface area contributed by atoms with Crippen molar-refractivity contribution in [2.75, 3.05) is 44.7 Å². The van der Waals surface area contributed by atoms with Gasteiger partial charge in [0.1, 0.15) is 11.6 Å². The lowest BCUT2D eigenvalue weighted by atomic mass is 9.96. The van der Waals surface area contributed by atoms with E-state index in [2.05, 4.69) is 37.2 Å². The van der Waals surface area contributed by atoms with Gasteiger partial charge in [-0.1, -0.05) is 18.6 Å². The molecule has 2 aliphatic heterocycles. The fourth-order valence-electron chi connectivity index (χ4n) is 4.71. The molecule has 2 atom stereocenters. The Morgan fingerprint density at radius 1 is 1.13 bits per heavy atom. The van der Waals surface area contributed by atoms with Crippen molar-refractivity contribution >= 4 is 11.7 Å². The van der Waals surface area contributed by atoms with Gasteiger partial charge in [-0.3, -0.25) is 14.7 Å². The first kappa shape index (κ1) is 21.6. The molecule has 3 heterocycles. The van der Waals surface area contributed by atoms with Gasteiger partial charge in [-0.25, -0.2) is 4.98 Å². The van der Waals surface area contributed by atoms with Crippen molar-refractivity contribution in [3.63, 3.8) is 0 Å². The van der Waals surface area contributed by atoms with Crippen molar-refractivity contribution in [1.29, 1.82) is 0 Å². The number of amides is 1. The summed E-state index contributed by atoms with van der Waals surface area (Å²) in [6, 6.07) is 8.46. The van der Waals surface area contributed by atoms with E-state index < -0.39 is 0 Å². The average Bonchev–Trinajstić information content (AvgIpc) is 2.85. The molecule has 2 saturated heterocycles. The predicted octanol–water partition coefficient (Wildman–Crippen LogP) is 3.05. The van der Waals surface area contributed by atoms with E-state index in [0.29, 0.717) is 13.1 Å². The molecule has 7 heteroatoms. The highest BCUT2D eigenvalue weighted by molar-refractivity contribution is 5.79. The zero-order chi connectivity index (χ0) is 21.5. The number of aromatic nitrogens is 2. The highest BCUT2D eigenvalue weighted by Gasteiger charge is 2.28. The second kappa shape index (κ2) is 10.6. The molecule has 1 N–H and O–H groups in total. The van der Waals surface area contributed by atoms with E-state index in [1.807, 2.05) is 12.1 Å². The van der Waals surface area contributed by atoms with Gasteiger partial charge in [-0.2, -0.15) is 0 Å². The van der Waals surface area contributed by atoms with Gasteiger partial charge in [0.15, 0.2) is 0 Å². The minimum atomic E-state index is -0.0198. The summed E-state index contributed by atoms with van der Waals surface area (Å²) in [5.41, 5.74) is 1.23. The summed E-state index contributed by atoms with van der Waals surface area (Å²) < 4.78 is 5.32. The monoisotopic (exact) mass is 423 g/mol. The molecule has 0 spiro atoms. The number of nitrogens with one attached hydrogen (secondary N) is 1. The van der Waals surface area contributed by atoms with Crippen molar-refractivity contribution in [3.05, 3.63) is 48.4 Å².